The molecule has 0 atom stereocenters. The molecule has 0 aliphatic carbocycles. The van der Waals surface area contributed by atoms with Crippen LogP contribution in [0.5, 0.6) is 11.5 Å². The van der Waals surface area contributed by atoms with Crippen molar-refractivity contribution in [2.24, 2.45) is 0 Å². The van der Waals surface area contributed by atoms with Crippen LogP contribution in [0.25, 0.3) is 0 Å². The number of nitrogens with zero attached hydrogens (tertiary/aromatic N) is 1. The number of nitrogens with one attached hydrogen (secondary N) is 1. The second-order valence-electron chi connectivity index (χ2n) is 6.41. The van der Waals surface area contributed by atoms with Crippen molar-refractivity contribution in [3.63, 3.8) is 0 Å². The number of rotatable bonds is 4. The Morgan fingerprint density at radius 3 is 2.48 bits per heavy atom. The smallest absolute Gasteiger partial charge is 0.253 e. The van der Waals surface area contributed by atoms with E-state index in [1.54, 1.807) is 38.4 Å². The van der Waals surface area contributed by atoms with Gasteiger partial charge in [0, 0.05) is 38.2 Å². The Labute approximate surface area is 163 Å². The summed E-state index contributed by atoms with van der Waals surface area (Å²) in [5.41, 5.74) is 1.90. The minimum atomic E-state index is -0.263. The van der Waals surface area contributed by atoms with Gasteiger partial charge in [-0.05, 0) is 29.8 Å². The number of fused-ring (bicyclic) bond motifs is 1. The minimum absolute atomic E-state index is 0.0626. The highest BCUT2D eigenvalue weighted by Crippen LogP contribution is 2.37. The van der Waals surface area contributed by atoms with Crippen molar-refractivity contribution >= 4 is 23.4 Å². The van der Waals surface area contributed by atoms with Crippen LogP contribution in [0.3, 0.4) is 0 Å². The molecule has 0 aromatic heterocycles. The monoisotopic (exact) mass is 388 g/mol. The maximum atomic E-state index is 12.5. The van der Waals surface area contributed by atoms with Crippen molar-refractivity contribution in [1.82, 2.24) is 10.2 Å². The van der Waals surface area contributed by atoms with E-state index in [-0.39, 0.29) is 11.8 Å². The van der Waals surface area contributed by atoms with Crippen LogP contribution < -0.4 is 14.8 Å². The second kappa shape index (κ2) is 8.31. The summed E-state index contributed by atoms with van der Waals surface area (Å²) in [6.07, 6.45) is 0.763. The fourth-order valence-electron chi connectivity index (χ4n) is 2.67. The Morgan fingerprint density at radius 1 is 1.07 bits per heavy atom. The van der Waals surface area contributed by atoms with E-state index in [4.69, 9.17) is 21.1 Å². The third-order valence-corrected chi connectivity index (χ3v) is 4.41. The molecule has 3 rings (SSSR count). The molecule has 0 radical (unpaired) electrons. The van der Waals surface area contributed by atoms with E-state index in [2.05, 4.69) is 5.32 Å². The average Bonchev–Trinajstić information content (AvgIpc) is 2.91. The van der Waals surface area contributed by atoms with Crippen LogP contribution in [0.1, 0.15) is 32.7 Å². The molecule has 1 aliphatic rings. The number of halogens is 1. The molecule has 2 aromatic carbocycles. The lowest BCUT2D eigenvalue weighted by atomic mass is 10.1. The molecule has 2 aromatic rings. The number of carbonyl (C=O) groups is 2. The Morgan fingerprint density at radius 2 is 1.78 bits per heavy atom. The highest BCUT2D eigenvalue weighted by Gasteiger charge is 2.18. The van der Waals surface area contributed by atoms with Crippen LogP contribution in [0, 0.1) is 0 Å². The van der Waals surface area contributed by atoms with E-state index in [1.165, 1.54) is 4.90 Å². The highest BCUT2D eigenvalue weighted by molar-refractivity contribution is 6.32. The zero-order chi connectivity index (χ0) is 19.4. The first-order valence-corrected chi connectivity index (χ1v) is 9.01. The van der Waals surface area contributed by atoms with Crippen molar-refractivity contribution in [3.8, 4) is 11.5 Å². The summed E-state index contributed by atoms with van der Waals surface area (Å²) < 4.78 is 11.2. The molecule has 1 heterocycles. The first-order valence-electron chi connectivity index (χ1n) is 8.63. The number of carbonyl (C=O) groups excluding carboxylic acids is 2. The highest BCUT2D eigenvalue weighted by atomic mass is 35.5. The molecule has 0 bridgehead atoms. The molecule has 2 amide bonds. The number of benzene rings is 2. The van der Waals surface area contributed by atoms with Crippen molar-refractivity contribution in [2.75, 3.05) is 27.3 Å². The SMILES string of the molecule is CN(C)C(=O)c1ccc(CNC(=O)c2cc(Cl)c3c(c2)OCCCO3)cc1. The van der Waals surface area contributed by atoms with E-state index in [9.17, 15) is 9.59 Å². The lowest BCUT2D eigenvalue weighted by molar-refractivity contribution is 0.0827. The van der Waals surface area contributed by atoms with Gasteiger partial charge in [-0.15, -0.1) is 0 Å². The average molecular weight is 389 g/mol. The topological polar surface area (TPSA) is 67.9 Å². The number of amides is 2. The summed E-state index contributed by atoms with van der Waals surface area (Å²) in [4.78, 5) is 25.9. The van der Waals surface area contributed by atoms with Gasteiger partial charge in [0.2, 0.25) is 0 Å². The van der Waals surface area contributed by atoms with Gasteiger partial charge in [-0.3, -0.25) is 9.59 Å². The molecule has 7 heteroatoms. The fraction of sp³-hybridized carbons (Fsp3) is 0.300. The molecule has 1 aliphatic heterocycles. The van der Waals surface area contributed by atoms with Gasteiger partial charge in [0.15, 0.2) is 11.5 Å². The van der Waals surface area contributed by atoms with Crippen molar-refractivity contribution in [1.29, 1.82) is 0 Å². The van der Waals surface area contributed by atoms with E-state index in [1.807, 2.05) is 12.1 Å². The Kier molecular flexibility index (Phi) is 5.86. The standard InChI is InChI=1S/C20H21ClN2O4/c1-23(2)20(25)14-6-4-13(5-7-14)12-22-19(24)15-10-16(21)18-17(11-15)26-8-3-9-27-18/h4-7,10-11H,3,8-9,12H2,1-2H3,(H,22,24). The van der Waals surface area contributed by atoms with Crippen molar-refractivity contribution < 1.29 is 19.1 Å². The van der Waals surface area contributed by atoms with Crippen LogP contribution in [-0.4, -0.2) is 44.0 Å². The first-order chi connectivity index (χ1) is 13.0. The predicted octanol–water partition coefficient (Wildman–Crippen LogP) is 3.13. The van der Waals surface area contributed by atoms with Crippen LogP contribution in [0.15, 0.2) is 36.4 Å². The maximum absolute atomic E-state index is 12.5. The molecule has 1 N–H and O–H groups in total. The molecule has 0 spiro atoms. The molecule has 27 heavy (non-hydrogen) atoms. The molecule has 142 valence electrons. The predicted molar refractivity (Wildman–Crippen MR) is 103 cm³/mol. The zero-order valence-corrected chi connectivity index (χ0v) is 16.0. The van der Waals surface area contributed by atoms with Gasteiger partial charge in [0.25, 0.3) is 11.8 Å². The maximum Gasteiger partial charge on any atom is 0.253 e. The van der Waals surface area contributed by atoms with Crippen molar-refractivity contribution in [3.05, 3.63) is 58.1 Å². The summed E-state index contributed by atoms with van der Waals surface area (Å²) in [6, 6.07) is 10.3. The van der Waals surface area contributed by atoms with E-state index in [0.717, 1.165) is 12.0 Å². The van der Waals surface area contributed by atoms with E-state index in [0.29, 0.717) is 47.4 Å². The largest absolute Gasteiger partial charge is 0.489 e. The van der Waals surface area contributed by atoms with Gasteiger partial charge in [-0.1, -0.05) is 23.7 Å². The van der Waals surface area contributed by atoms with E-state index >= 15 is 0 Å². The third kappa shape index (κ3) is 4.52. The second-order valence-corrected chi connectivity index (χ2v) is 6.82. The van der Waals surface area contributed by atoms with Crippen LogP contribution in [0.4, 0.5) is 0 Å². The first kappa shape index (κ1) is 19.0. The lowest BCUT2D eigenvalue weighted by Gasteiger charge is -2.12. The molecular formula is C20H21ClN2O4. The quantitative estimate of drug-likeness (QED) is 0.873. The van der Waals surface area contributed by atoms with Gasteiger partial charge in [-0.25, -0.2) is 0 Å². The summed E-state index contributed by atoms with van der Waals surface area (Å²) in [5, 5.41) is 3.20. The normalized spacial score (nSPS) is 12.9. The summed E-state index contributed by atoms with van der Waals surface area (Å²) in [7, 11) is 3.41. The number of hydrogen-bond acceptors (Lipinski definition) is 4. The summed E-state index contributed by atoms with van der Waals surface area (Å²) in [5.74, 6) is 0.636. The zero-order valence-electron chi connectivity index (χ0n) is 15.3. The van der Waals surface area contributed by atoms with Crippen LogP contribution in [0.2, 0.25) is 5.02 Å². The molecule has 0 saturated carbocycles. The molecule has 0 saturated heterocycles. The summed E-state index contributed by atoms with van der Waals surface area (Å²) in [6.45, 7) is 1.39. The molecule has 0 unspecified atom stereocenters. The Balaban J connectivity index is 1.67. The summed E-state index contributed by atoms with van der Waals surface area (Å²) >= 11 is 6.23. The third-order valence-electron chi connectivity index (χ3n) is 4.12. The minimum Gasteiger partial charge on any atom is -0.489 e. The molecule has 6 nitrogen and oxygen atoms in total. The number of ether oxygens (including phenoxy) is 2. The van der Waals surface area contributed by atoms with E-state index < -0.39 is 0 Å². The molecular weight excluding hydrogens is 368 g/mol. The van der Waals surface area contributed by atoms with Crippen molar-refractivity contribution in [2.45, 2.75) is 13.0 Å². The van der Waals surface area contributed by atoms with Gasteiger partial charge < -0.3 is 19.7 Å². The van der Waals surface area contributed by atoms with Gasteiger partial charge >= 0.3 is 0 Å². The van der Waals surface area contributed by atoms with Gasteiger partial charge in [-0.2, -0.15) is 0 Å². The Hall–Kier alpha value is -2.73. The van der Waals surface area contributed by atoms with Gasteiger partial charge in [0.05, 0.1) is 18.2 Å². The van der Waals surface area contributed by atoms with Crippen LogP contribution >= 0.6 is 11.6 Å². The molecule has 0 fully saturated rings. The van der Waals surface area contributed by atoms with Crippen LogP contribution in [-0.2, 0) is 6.54 Å². The lowest BCUT2D eigenvalue weighted by Crippen LogP contribution is -2.23. The number of hydrogen-bond donors (Lipinski definition) is 1. The van der Waals surface area contributed by atoms with Gasteiger partial charge in [0.1, 0.15) is 0 Å². The fourth-order valence-corrected chi connectivity index (χ4v) is 2.93. The Bertz CT molecular complexity index is 850.